The zero-order chi connectivity index (χ0) is 21.1. The normalized spacial score (nSPS) is 17.7. The smallest absolute Gasteiger partial charge is 0.144 e. The van der Waals surface area contributed by atoms with Crippen molar-refractivity contribution < 1.29 is 9.13 Å². The summed E-state index contributed by atoms with van der Waals surface area (Å²) < 4.78 is 22.1. The van der Waals surface area contributed by atoms with E-state index < -0.39 is 5.82 Å². The lowest BCUT2D eigenvalue weighted by Crippen LogP contribution is -2.61. The van der Waals surface area contributed by atoms with Crippen molar-refractivity contribution in [3.63, 3.8) is 0 Å². The molecule has 0 aromatic heterocycles. The van der Waals surface area contributed by atoms with E-state index in [9.17, 15) is 4.39 Å². The molecule has 0 spiro atoms. The fourth-order valence-electron chi connectivity index (χ4n) is 3.59. The highest BCUT2D eigenvalue weighted by molar-refractivity contribution is 7.97. The summed E-state index contributed by atoms with van der Waals surface area (Å²) in [4.78, 5) is 0.969. The highest BCUT2D eigenvalue weighted by Gasteiger charge is 2.45. The summed E-state index contributed by atoms with van der Waals surface area (Å²) in [6, 6.07) is 12.3. The fourth-order valence-corrected chi connectivity index (χ4v) is 5.34. The second-order valence-corrected chi connectivity index (χ2v) is 10.00. The fraction of sp³-hybridized carbons (Fsp3) is 0.409. The van der Waals surface area contributed by atoms with E-state index in [2.05, 4.69) is 9.62 Å². The second kappa shape index (κ2) is 10.6. The van der Waals surface area contributed by atoms with Gasteiger partial charge in [-0.15, -0.1) is 12.4 Å². The van der Waals surface area contributed by atoms with Gasteiger partial charge in [-0.2, -0.15) is 5.26 Å². The van der Waals surface area contributed by atoms with Crippen LogP contribution in [0.3, 0.4) is 0 Å². The first-order valence-corrected chi connectivity index (χ1v) is 11.4. The van der Waals surface area contributed by atoms with Crippen LogP contribution in [0, 0.1) is 22.6 Å². The predicted molar refractivity (Wildman–Crippen MR) is 126 cm³/mol. The summed E-state index contributed by atoms with van der Waals surface area (Å²) in [5.74, 6) is -0.110. The van der Waals surface area contributed by atoms with Crippen molar-refractivity contribution in [2.24, 2.45) is 5.41 Å². The van der Waals surface area contributed by atoms with Crippen LogP contribution in [0.2, 0.25) is 10.0 Å². The van der Waals surface area contributed by atoms with Crippen LogP contribution in [0.25, 0.3) is 0 Å². The first-order chi connectivity index (χ1) is 14.5. The van der Waals surface area contributed by atoms with E-state index in [1.54, 1.807) is 24.1 Å². The molecule has 0 radical (unpaired) electrons. The van der Waals surface area contributed by atoms with Crippen molar-refractivity contribution in [1.29, 1.82) is 5.26 Å². The van der Waals surface area contributed by atoms with Gasteiger partial charge in [-0.25, -0.2) is 8.70 Å². The molecule has 2 aliphatic rings. The molecule has 1 aliphatic heterocycles. The zero-order valence-electron chi connectivity index (χ0n) is 16.7. The number of nitrogens with one attached hydrogen (secondary N) is 1. The SMILES string of the molecule is Cl.N#Cc1ccc(OCC2(CNC3CCC3)CN(Sc3ccc(Cl)cc3Cl)C2)cc1F. The van der Waals surface area contributed by atoms with Gasteiger partial charge in [0.05, 0.1) is 17.2 Å². The van der Waals surface area contributed by atoms with Crippen LogP contribution < -0.4 is 10.1 Å². The molecule has 2 aromatic carbocycles. The van der Waals surface area contributed by atoms with E-state index in [4.69, 9.17) is 33.2 Å². The largest absolute Gasteiger partial charge is 0.493 e. The molecule has 9 heteroatoms. The lowest BCUT2D eigenvalue weighted by atomic mass is 9.81. The van der Waals surface area contributed by atoms with Crippen LogP contribution in [0.5, 0.6) is 5.75 Å². The molecular weight excluding hydrogens is 480 g/mol. The van der Waals surface area contributed by atoms with E-state index in [1.165, 1.54) is 31.4 Å². The summed E-state index contributed by atoms with van der Waals surface area (Å²) in [7, 11) is 0. The maximum Gasteiger partial charge on any atom is 0.144 e. The Balaban J connectivity index is 0.00000272. The van der Waals surface area contributed by atoms with Gasteiger partial charge in [0, 0.05) is 47.1 Å². The number of nitriles is 1. The Morgan fingerprint density at radius 2 is 2.00 bits per heavy atom. The second-order valence-electron chi connectivity index (χ2n) is 8.01. The Bertz CT molecular complexity index is 962. The molecule has 1 aliphatic carbocycles. The molecule has 2 fully saturated rings. The first-order valence-electron chi connectivity index (χ1n) is 9.90. The molecule has 4 rings (SSSR count). The van der Waals surface area contributed by atoms with Gasteiger partial charge in [-0.3, -0.25) is 0 Å². The minimum absolute atomic E-state index is 0. The average Bonchev–Trinajstić information content (AvgIpc) is 2.65. The highest BCUT2D eigenvalue weighted by atomic mass is 35.5. The van der Waals surface area contributed by atoms with E-state index in [-0.39, 0.29) is 23.4 Å². The quantitative estimate of drug-likeness (QED) is 0.452. The maximum atomic E-state index is 13.9. The van der Waals surface area contributed by atoms with E-state index in [0.717, 1.165) is 24.5 Å². The Morgan fingerprint density at radius 1 is 1.23 bits per heavy atom. The number of ether oxygens (including phenoxy) is 1. The number of benzene rings is 2. The zero-order valence-corrected chi connectivity index (χ0v) is 19.9. The molecule has 0 atom stereocenters. The molecule has 31 heavy (non-hydrogen) atoms. The van der Waals surface area contributed by atoms with Crippen molar-refractivity contribution >= 4 is 47.6 Å². The Kier molecular flexibility index (Phi) is 8.37. The van der Waals surface area contributed by atoms with Gasteiger partial charge >= 0.3 is 0 Å². The van der Waals surface area contributed by atoms with Crippen LogP contribution in [-0.4, -0.2) is 36.6 Å². The molecule has 166 valence electrons. The van der Waals surface area contributed by atoms with Crippen molar-refractivity contribution in [3.05, 3.63) is 57.8 Å². The third kappa shape index (κ3) is 5.98. The standard InChI is InChI=1S/C22H22Cl2FN3OS.ClH/c23-16-5-7-21(19(24)8-16)30-28-12-22(13-28,11-27-17-2-1-3-17)14-29-18-6-4-15(10-26)20(25)9-18;/h4-9,17,27H,1-3,11-14H2;1H. The average molecular weight is 503 g/mol. The summed E-state index contributed by atoms with van der Waals surface area (Å²) in [6.45, 7) is 2.98. The molecule has 1 heterocycles. The molecule has 2 aromatic rings. The monoisotopic (exact) mass is 501 g/mol. The maximum absolute atomic E-state index is 13.9. The summed E-state index contributed by atoms with van der Waals surface area (Å²) in [6.07, 6.45) is 3.72. The molecule has 4 nitrogen and oxygen atoms in total. The van der Waals surface area contributed by atoms with Gasteiger partial charge < -0.3 is 10.1 Å². The van der Waals surface area contributed by atoms with Crippen LogP contribution in [0.15, 0.2) is 41.3 Å². The van der Waals surface area contributed by atoms with Gasteiger partial charge in [-0.05, 0) is 55.1 Å². The van der Waals surface area contributed by atoms with Crippen molar-refractivity contribution in [2.75, 3.05) is 26.2 Å². The van der Waals surface area contributed by atoms with Crippen LogP contribution in [-0.2, 0) is 0 Å². The van der Waals surface area contributed by atoms with Crippen molar-refractivity contribution in [2.45, 2.75) is 30.2 Å². The Hall–Kier alpha value is -1.20. The molecule has 0 bridgehead atoms. The minimum Gasteiger partial charge on any atom is -0.493 e. The molecule has 1 N–H and O–H groups in total. The van der Waals surface area contributed by atoms with Gasteiger partial charge in [0.15, 0.2) is 0 Å². The first kappa shape index (κ1) is 24.4. The third-order valence-corrected chi connectivity index (χ3v) is 7.35. The van der Waals surface area contributed by atoms with Gasteiger partial charge in [0.25, 0.3) is 0 Å². The summed E-state index contributed by atoms with van der Waals surface area (Å²) >= 11 is 13.9. The summed E-state index contributed by atoms with van der Waals surface area (Å²) in [5.41, 5.74) is -0.0407. The van der Waals surface area contributed by atoms with Crippen LogP contribution in [0.4, 0.5) is 4.39 Å². The van der Waals surface area contributed by atoms with E-state index in [1.807, 2.05) is 18.2 Å². The Morgan fingerprint density at radius 3 is 2.61 bits per heavy atom. The van der Waals surface area contributed by atoms with Crippen molar-refractivity contribution in [1.82, 2.24) is 9.62 Å². The number of rotatable bonds is 8. The van der Waals surface area contributed by atoms with Crippen molar-refractivity contribution in [3.8, 4) is 11.8 Å². The van der Waals surface area contributed by atoms with Gasteiger partial charge in [0.2, 0.25) is 0 Å². The molecule has 1 saturated heterocycles. The molecular formula is C22H23Cl3FN3OS. The molecule has 0 amide bonds. The molecule has 1 saturated carbocycles. The lowest BCUT2D eigenvalue weighted by molar-refractivity contribution is 0.0209. The van der Waals surface area contributed by atoms with Gasteiger partial charge in [-0.1, -0.05) is 29.6 Å². The van der Waals surface area contributed by atoms with E-state index in [0.29, 0.717) is 28.4 Å². The van der Waals surface area contributed by atoms with E-state index >= 15 is 0 Å². The van der Waals surface area contributed by atoms with Gasteiger partial charge in [0.1, 0.15) is 17.6 Å². The van der Waals surface area contributed by atoms with Crippen LogP contribution in [0.1, 0.15) is 24.8 Å². The summed E-state index contributed by atoms with van der Waals surface area (Å²) in [5, 5.41) is 13.8. The Labute approximate surface area is 202 Å². The molecule has 0 unspecified atom stereocenters. The number of nitrogens with zero attached hydrogens (tertiary/aromatic N) is 2. The number of halogens is 4. The third-order valence-electron chi connectivity index (χ3n) is 5.62. The topological polar surface area (TPSA) is 48.3 Å². The predicted octanol–water partition coefficient (Wildman–Crippen LogP) is 5.96. The number of hydrogen-bond acceptors (Lipinski definition) is 5. The lowest BCUT2D eigenvalue weighted by Gasteiger charge is -2.50. The number of hydrogen-bond donors (Lipinski definition) is 1. The van der Waals surface area contributed by atoms with Crippen LogP contribution >= 0.6 is 47.6 Å². The minimum atomic E-state index is -0.556. The highest BCUT2D eigenvalue weighted by Crippen LogP contribution is 2.41.